The summed E-state index contributed by atoms with van der Waals surface area (Å²) in [5.74, 6) is -4.90. The number of rotatable bonds is 3. The fourth-order valence-corrected chi connectivity index (χ4v) is 5.11. The second kappa shape index (κ2) is 6.66. The molecule has 2 fully saturated rings. The fourth-order valence-electron chi connectivity index (χ4n) is 5.11. The van der Waals surface area contributed by atoms with Crippen LogP contribution in [0.4, 0.5) is 14.5 Å². The molecule has 3 aliphatic rings. The maximum atomic E-state index is 14.1. The van der Waals surface area contributed by atoms with Crippen LogP contribution in [0.3, 0.4) is 0 Å². The minimum absolute atomic E-state index is 0.0921. The van der Waals surface area contributed by atoms with E-state index in [1.54, 1.807) is 0 Å². The molecule has 9 heteroatoms. The molecule has 3 heterocycles. The molecule has 0 aromatic heterocycles. The Bertz CT molecular complexity index is 1120. The van der Waals surface area contributed by atoms with E-state index in [-0.39, 0.29) is 12.1 Å². The Balaban J connectivity index is 1.61. The van der Waals surface area contributed by atoms with Crippen molar-refractivity contribution in [3.63, 3.8) is 0 Å². The molecule has 5 rings (SSSR count). The lowest BCUT2D eigenvalue weighted by atomic mass is 9.76. The number of anilines is 1. The summed E-state index contributed by atoms with van der Waals surface area (Å²) >= 11 is 0. The van der Waals surface area contributed by atoms with E-state index in [0.717, 1.165) is 4.90 Å². The van der Waals surface area contributed by atoms with Gasteiger partial charge < -0.3 is 10.4 Å². The Morgan fingerprint density at radius 2 is 1.74 bits per heavy atom. The molecule has 5 unspecified atom stereocenters. The first kappa shape index (κ1) is 19.8. The number of hydrogen-bond donors (Lipinski definition) is 3. The van der Waals surface area contributed by atoms with Crippen molar-refractivity contribution >= 4 is 23.4 Å². The molecule has 0 radical (unpaired) electrons. The molecule has 2 saturated heterocycles. The molecular formula is C22H19F2N3O4. The van der Waals surface area contributed by atoms with Crippen LogP contribution in [0.5, 0.6) is 0 Å². The van der Waals surface area contributed by atoms with E-state index in [1.807, 2.05) is 0 Å². The summed E-state index contributed by atoms with van der Waals surface area (Å²) in [4.78, 5) is 40.9. The SMILES string of the molecule is CC(O)C1NC2(C(=O)Nc3ccc(F)cc32)C2C(=O)N(Cc3ccc(F)cc3)C(=O)C12. The fraction of sp³-hybridized carbons (Fsp3) is 0.318. The quantitative estimate of drug-likeness (QED) is 0.641. The van der Waals surface area contributed by atoms with E-state index < -0.39 is 58.9 Å². The van der Waals surface area contributed by atoms with Gasteiger partial charge in [0, 0.05) is 17.3 Å². The van der Waals surface area contributed by atoms with E-state index >= 15 is 0 Å². The van der Waals surface area contributed by atoms with Crippen LogP contribution in [-0.4, -0.2) is 39.9 Å². The monoisotopic (exact) mass is 427 g/mol. The number of halogens is 2. The number of nitrogens with zero attached hydrogens (tertiary/aromatic N) is 1. The first-order valence-corrected chi connectivity index (χ1v) is 9.91. The minimum atomic E-state index is -1.67. The number of aliphatic hydroxyl groups excluding tert-OH is 1. The van der Waals surface area contributed by atoms with Gasteiger partial charge in [0.2, 0.25) is 17.7 Å². The van der Waals surface area contributed by atoms with Crippen LogP contribution >= 0.6 is 0 Å². The van der Waals surface area contributed by atoms with Crippen LogP contribution in [-0.2, 0) is 26.5 Å². The van der Waals surface area contributed by atoms with Gasteiger partial charge in [-0.1, -0.05) is 12.1 Å². The third-order valence-electron chi connectivity index (χ3n) is 6.48. The van der Waals surface area contributed by atoms with Gasteiger partial charge in [0.1, 0.15) is 17.2 Å². The van der Waals surface area contributed by atoms with E-state index in [2.05, 4.69) is 10.6 Å². The van der Waals surface area contributed by atoms with E-state index in [1.165, 1.54) is 49.4 Å². The van der Waals surface area contributed by atoms with Crippen molar-refractivity contribution in [2.45, 2.75) is 31.2 Å². The van der Waals surface area contributed by atoms with E-state index in [4.69, 9.17) is 0 Å². The number of fused-ring (bicyclic) bond motifs is 4. The number of carbonyl (C=O) groups excluding carboxylic acids is 3. The normalized spacial score (nSPS) is 30.0. The summed E-state index contributed by atoms with van der Waals surface area (Å²) in [5.41, 5.74) is -0.545. The number of benzene rings is 2. The van der Waals surface area contributed by atoms with E-state index in [0.29, 0.717) is 11.3 Å². The van der Waals surface area contributed by atoms with Crippen LogP contribution in [0, 0.1) is 23.5 Å². The standard InChI is InChI=1S/C22H19F2N3O4/c1-10(28)18-16-17(20(30)27(19(16)29)9-11-2-4-12(23)5-3-11)22(26-18)14-8-13(24)6-7-15(14)25-21(22)31/h2-8,10,16-18,26,28H,9H2,1H3,(H,25,31). The van der Waals surface area contributed by atoms with Gasteiger partial charge in [-0.2, -0.15) is 0 Å². The van der Waals surface area contributed by atoms with E-state index in [9.17, 15) is 28.3 Å². The highest BCUT2D eigenvalue weighted by Crippen LogP contribution is 2.53. The van der Waals surface area contributed by atoms with Crippen molar-refractivity contribution in [3.05, 3.63) is 65.2 Å². The topological polar surface area (TPSA) is 98.7 Å². The first-order chi connectivity index (χ1) is 14.7. The van der Waals surface area contributed by atoms with Gasteiger partial charge in [-0.25, -0.2) is 8.78 Å². The predicted molar refractivity (Wildman–Crippen MR) is 104 cm³/mol. The Morgan fingerprint density at radius 1 is 1.06 bits per heavy atom. The lowest BCUT2D eigenvalue weighted by molar-refractivity contribution is -0.143. The third-order valence-corrected chi connectivity index (χ3v) is 6.48. The molecule has 5 atom stereocenters. The third kappa shape index (κ3) is 2.66. The first-order valence-electron chi connectivity index (χ1n) is 9.91. The Labute approximate surface area is 176 Å². The summed E-state index contributed by atoms with van der Waals surface area (Å²) < 4.78 is 27.3. The maximum Gasteiger partial charge on any atom is 0.250 e. The average molecular weight is 427 g/mol. The number of nitrogens with one attached hydrogen (secondary N) is 2. The molecule has 3 N–H and O–H groups in total. The largest absolute Gasteiger partial charge is 0.392 e. The van der Waals surface area contributed by atoms with Crippen LogP contribution in [0.25, 0.3) is 0 Å². The summed E-state index contributed by atoms with van der Waals surface area (Å²) in [6.45, 7) is 1.37. The average Bonchev–Trinajstić information content (AvgIpc) is 3.31. The zero-order valence-corrected chi connectivity index (χ0v) is 16.4. The van der Waals surface area contributed by atoms with Gasteiger partial charge in [-0.3, -0.25) is 24.6 Å². The van der Waals surface area contributed by atoms with Gasteiger partial charge in [0.05, 0.1) is 24.5 Å². The summed E-state index contributed by atoms with van der Waals surface area (Å²) in [7, 11) is 0. The number of imide groups is 1. The lowest BCUT2D eigenvalue weighted by Gasteiger charge is -2.30. The van der Waals surface area contributed by atoms with Crippen molar-refractivity contribution in [1.82, 2.24) is 10.2 Å². The Kier molecular flexibility index (Phi) is 4.25. The minimum Gasteiger partial charge on any atom is -0.392 e. The number of hydrogen-bond acceptors (Lipinski definition) is 5. The molecule has 2 aromatic carbocycles. The molecule has 2 aromatic rings. The molecule has 7 nitrogen and oxygen atoms in total. The number of amides is 3. The second-order valence-corrected chi connectivity index (χ2v) is 8.26. The molecule has 160 valence electrons. The summed E-state index contributed by atoms with van der Waals surface area (Å²) in [6, 6.07) is 8.27. The molecule has 1 spiro atoms. The van der Waals surface area contributed by atoms with Gasteiger partial charge >= 0.3 is 0 Å². The van der Waals surface area contributed by atoms with Gasteiger partial charge in [-0.15, -0.1) is 0 Å². The molecule has 3 amide bonds. The van der Waals surface area contributed by atoms with Gasteiger partial charge in [-0.05, 0) is 42.8 Å². The predicted octanol–water partition coefficient (Wildman–Crippen LogP) is 1.27. The zero-order valence-electron chi connectivity index (χ0n) is 16.4. The molecule has 31 heavy (non-hydrogen) atoms. The highest BCUT2D eigenvalue weighted by atomic mass is 19.1. The molecule has 0 aliphatic carbocycles. The Morgan fingerprint density at radius 3 is 2.42 bits per heavy atom. The Hall–Kier alpha value is -3.17. The van der Waals surface area contributed by atoms with Gasteiger partial charge in [0.15, 0.2) is 0 Å². The van der Waals surface area contributed by atoms with Crippen LogP contribution in [0.15, 0.2) is 42.5 Å². The van der Waals surface area contributed by atoms with Crippen LogP contribution < -0.4 is 10.6 Å². The van der Waals surface area contributed by atoms with Crippen molar-refractivity contribution in [2.75, 3.05) is 5.32 Å². The van der Waals surface area contributed by atoms with Gasteiger partial charge in [0.25, 0.3) is 0 Å². The molecule has 0 bridgehead atoms. The number of carbonyl (C=O) groups is 3. The number of likely N-dealkylation sites (tertiary alicyclic amines) is 1. The summed E-state index contributed by atoms with van der Waals surface area (Å²) in [5, 5.41) is 16.0. The lowest BCUT2D eigenvalue weighted by Crippen LogP contribution is -2.54. The van der Waals surface area contributed by atoms with Crippen LogP contribution in [0.1, 0.15) is 18.1 Å². The molecule has 3 aliphatic heterocycles. The van der Waals surface area contributed by atoms with Crippen LogP contribution in [0.2, 0.25) is 0 Å². The highest BCUT2D eigenvalue weighted by molar-refractivity contribution is 6.15. The highest BCUT2D eigenvalue weighted by Gasteiger charge is 2.71. The maximum absolute atomic E-state index is 14.1. The zero-order chi connectivity index (χ0) is 22.1. The van der Waals surface area contributed by atoms with Crippen molar-refractivity contribution in [1.29, 1.82) is 0 Å². The molecular weight excluding hydrogens is 408 g/mol. The van der Waals surface area contributed by atoms with Crippen molar-refractivity contribution < 1.29 is 28.3 Å². The second-order valence-electron chi connectivity index (χ2n) is 8.26. The number of aliphatic hydroxyl groups is 1. The van der Waals surface area contributed by atoms with Crippen molar-refractivity contribution in [3.8, 4) is 0 Å². The smallest absolute Gasteiger partial charge is 0.250 e. The summed E-state index contributed by atoms with van der Waals surface area (Å²) in [6.07, 6.45) is -1.06. The molecule has 0 saturated carbocycles. The van der Waals surface area contributed by atoms with Crippen molar-refractivity contribution in [2.24, 2.45) is 11.8 Å².